The molecule has 23 heavy (non-hydrogen) atoms. The van der Waals surface area contributed by atoms with E-state index in [1.807, 2.05) is 49.1 Å². The molecule has 1 saturated heterocycles. The lowest BCUT2D eigenvalue weighted by atomic mass is 10.0. The van der Waals surface area contributed by atoms with Gasteiger partial charge in [0.25, 0.3) is 0 Å². The standard InChI is InChI=1S/C18H28N2O3/c1-15(2)20(17-9-6-10-19(13-17)11-12-21)18(22)23-14-16-7-4-3-5-8-16/h3-5,7-8,15,17,21H,6,9-14H2,1-2H3/t17-/m0/s1. The molecule has 1 aromatic carbocycles. The van der Waals surface area contributed by atoms with Gasteiger partial charge in [0.15, 0.2) is 0 Å². The third-order valence-corrected chi connectivity index (χ3v) is 4.26. The Morgan fingerprint density at radius 3 is 2.78 bits per heavy atom. The Labute approximate surface area is 138 Å². The number of aliphatic hydroxyl groups excluding tert-OH is 1. The van der Waals surface area contributed by atoms with Crippen LogP contribution in [0.5, 0.6) is 0 Å². The molecule has 1 aliphatic rings. The first kappa shape index (κ1) is 17.8. The van der Waals surface area contributed by atoms with E-state index in [0.29, 0.717) is 13.2 Å². The quantitative estimate of drug-likeness (QED) is 0.875. The van der Waals surface area contributed by atoms with Crippen LogP contribution in [0.2, 0.25) is 0 Å². The third kappa shape index (κ3) is 5.22. The number of hydrogen-bond donors (Lipinski definition) is 1. The van der Waals surface area contributed by atoms with Crippen molar-refractivity contribution in [2.75, 3.05) is 26.2 Å². The highest BCUT2D eigenvalue weighted by atomic mass is 16.6. The lowest BCUT2D eigenvalue weighted by Crippen LogP contribution is -2.53. The van der Waals surface area contributed by atoms with Crippen molar-refractivity contribution in [3.63, 3.8) is 0 Å². The Balaban J connectivity index is 1.95. The van der Waals surface area contributed by atoms with Crippen LogP contribution in [0.3, 0.4) is 0 Å². The van der Waals surface area contributed by atoms with E-state index in [4.69, 9.17) is 9.84 Å². The minimum absolute atomic E-state index is 0.0948. The van der Waals surface area contributed by atoms with Crippen molar-refractivity contribution in [3.05, 3.63) is 35.9 Å². The van der Waals surface area contributed by atoms with E-state index in [1.54, 1.807) is 0 Å². The van der Waals surface area contributed by atoms with Gasteiger partial charge in [0.2, 0.25) is 0 Å². The number of carbonyl (C=O) groups is 1. The molecular weight excluding hydrogens is 292 g/mol. The van der Waals surface area contributed by atoms with Crippen molar-refractivity contribution in [2.45, 2.75) is 45.4 Å². The minimum atomic E-state index is -0.250. The summed E-state index contributed by atoms with van der Waals surface area (Å²) in [6, 6.07) is 9.99. The van der Waals surface area contributed by atoms with Gasteiger partial charge in [-0.1, -0.05) is 30.3 Å². The molecule has 1 N–H and O–H groups in total. The number of hydrogen-bond acceptors (Lipinski definition) is 4. The van der Waals surface area contributed by atoms with E-state index in [1.165, 1.54) is 0 Å². The van der Waals surface area contributed by atoms with Crippen LogP contribution in [0.4, 0.5) is 4.79 Å². The van der Waals surface area contributed by atoms with Crippen molar-refractivity contribution in [2.24, 2.45) is 0 Å². The average molecular weight is 320 g/mol. The summed E-state index contributed by atoms with van der Waals surface area (Å²) in [6.07, 6.45) is 1.78. The highest BCUT2D eigenvalue weighted by Gasteiger charge is 2.31. The van der Waals surface area contributed by atoms with Gasteiger partial charge in [-0.3, -0.25) is 4.90 Å². The number of ether oxygens (including phenoxy) is 1. The van der Waals surface area contributed by atoms with E-state index in [9.17, 15) is 4.79 Å². The lowest BCUT2D eigenvalue weighted by molar-refractivity contribution is 0.0395. The maximum atomic E-state index is 12.6. The van der Waals surface area contributed by atoms with Crippen LogP contribution < -0.4 is 0 Å². The maximum Gasteiger partial charge on any atom is 0.410 e. The molecule has 0 spiro atoms. The number of β-amino-alcohol motifs (C(OH)–C–C–N with tert-alkyl or cyclic N) is 1. The number of carbonyl (C=O) groups excluding carboxylic acids is 1. The Morgan fingerprint density at radius 2 is 2.13 bits per heavy atom. The van der Waals surface area contributed by atoms with Crippen LogP contribution >= 0.6 is 0 Å². The molecule has 0 unspecified atom stereocenters. The highest BCUT2D eigenvalue weighted by molar-refractivity contribution is 5.68. The normalized spacial score (nSPS) is 18.9. The number of aliphatic hydroxyl groups is 1. The molecule has 1 amide bonds. The zero-order chi connectivity index (χ0) is 16.7. The molecule has 1 heterocycles. The Hall–Kier alpha value is -1.59. The van der Waals surface area contributed by atoms with Crippen LogP contribution in [-0.4, -0.2) is 59.3 Å². The summed E-state index contributed by atoms with van der Waals surface area (Å²) in [4.78, 5) is 16.6. The van der Waals surface area contributed by atoms with Crippen molar-refractivity contribution < 1.29 is 14.6 Å². The van der Waals surface area contributed by atoms with Crippen LogP contribution in [0, 0.1) is 0 Å². The first-order valence-corrected chi connectivity index (χ1v) is 8.44. The predicted molar refractivity (Wildman–Crippen MR) is 90.1 cm³/mol. The molecule has 0 bridgehead atoms. The van der Waals surface area contributed by atoms with Crippen molar-refractivity contribution in [1.29, 1.82) is 0 Å². The maximum absolute atomic E-state index is 12.6. The van der Waals surface area contributed by atoms with E-state index >= 15 is 0 Å². The number of nitrogens with zero attached hydrogens (tertiary/aromatic N) is 2. The minimum Gasteiger partial charge on any atom is -0.445 e. The lowest BCUT2D eigenvalue weighted by Gasteiger charge is -2.40. The summed E-state index contributed by atoms with van der Waals surface area (Å²) in [7, 11) is 0. The van der Waals surface area contributed by atoms with Crippen molar-refractivity contribution in [1.82, 2.24) is 9.80 Å². The van der Waals surface area contributed by atoms with Crippen molar-refractivity contribution >= 4 is 6.09 Å². The Bertz CT molecular complexity index is 476. The first-order chi connectivity index (χ1) is 11.1. The second-order valence-electron chi connectivity index (χ2n) is 6.36. The summed E-state index contributed by atoms with van der Waals surface area (Å²) in [5.41, 5.74) is 0.995. The van der Waals surface area contributed by atoms with Crippen LogP contribution in [0.1, 0.15) is 32.3 Å². The smallest absolute Gasteiger partial charge is 0.410 e. The second-order valence-corrected chi connectivity index (χ2v) is 6.36. The van der Waals surface area contributed by atoms with Gasteiger partial charge in [0.1, 0.15) is 6.61 Å². The first-order valence-electron chi connectivity index (χ1n) is 8.44. The molecule has 2 rings (SSSR count). The molecule has 1 aromatic rings. The van der Waals surface area contributed by atoms with Crippen LogP contribution in [-0.2, 0) is 11.3 Å². The summed E-state index contributed by atoms with van der Waals surface area (Å²) in [5.74, 6) is 0. The highest BCUT2D eigenvalue weighted by Crippen LogP contribution is 2.19. The number of amides is 1. The molecule has 0 aromatic heterocycles. The molecule has 0 aliphatic carbocycles. The fraction of sp³-hybridized carbons (Fsp3) is 0.611. The number of rotatable bonds is 6. The number of likely N-dealkylation sites (tertiary alicyclic amines) is 1. The zero-order valence-corrected chi connectivity index (χ0v) is 14.1. The summed E-state index contributed by atoms with van der Waals surface area (Å²) in [5, 5.41) is 9.13. The van der Waals surface area contributed by atoms with Crippen molar-refractivity contribution in [3.8, 4) is 0 Å². The third-order valence-electron chi connectivity index (χ3n) is 4.26. The van der Waals surface area contributed by atoms with E-state index in [-0.39, 0.29) is 24.8 Å². The average Bonchev–Trinajstić information content (AvgIpc) is 2.54. The van der Waals surface area contributed by atoms with Gasteiger partial charge in [-0.05, 0) is 38.8 Å². The van der Waals surface area contributed by atoms with Gasteiger partial charge in [-0.2, -0.15) is 0 Å². The molecule has 1 atom stereocenters. The molecule has 5 nitrogen and oxygen atoms in total. The molecule has 0 saturated carbocycles. The SMILES string of the molecule is CC(C)N(C(=O)OCc1ccccc1)[C@H]1CCCN(CCO)C1. The zero-order valence-electron chi connectivity index (χ0n) is 14.1. The molecule has 1 fully saturated rings. The number of piperidine rings is 1. The fourth-order valence-electron chi connectivity index (χ4n) is 3.18. The molecule has 0 radical (unpaired) electrons. The van der Waals surface area contributed by atoms with E-state index in [2.05, 4.69) is 4.90 Å². The van der Waals surface area contributed by atoms with Gasteiger partial charge < -0.3 is 14.7 Å². The van der Waals surface area contributed by atoms with Gasteiger partial charge in [0, 0.05) is 25.2 Å². The fourth-order valence-corrected chi connectivity index (χ4v) is 3.18. The molecule has 1 aliphatic heterocycles. The molecular formula is C18H28N2O3. The van der Waals surface area contributed by atoms with Gasteiger partial charge in [0.05, 0.1) is 6.61 Å². The largest absolute Gasteiger partial charge is 0.445 e. The van der Waals surface area contributed by atoms with Crippen LogP contribution in [0.25, 0.3) is 0 Å². The Kier molecular flexibility index (Phi) is 6.86. The second kappa shape index (κ2) is 8.89. The topological polar surface area (TPSA) is 53.0 Å². The Morgan fingerprint density at radius 1 is 1.39 bits per heavy atom. The molecule has 128 valence electrons. The summed E-state index contributed by atoms with van der Waals surface area (Å²) >= 11 is 0. The van der Waals surface area contributed by atoms with Gasteiger partial charge in [-0.15, -0.1) is 0 Å². The van der Waals surface area contributed by atoms with Crippen LogP contribution in [0.15, 0.2) is 30.3 Å². The molecule has 5 heteroatoms. The van der Waals surface area contributed by atoms with Gasteiger partial charge >= 0.3 is 6.09 Å². The van der Waals surface area contributed by atoms with Gasteiger partial charge in [-0.25, -0.2) is 4.79 Å². The summed E-state index contributed by atoms with van der Waals surface area (Å²) < 4.78 is 5.52. The summed E-state index contributed by atoms with van der Waals surface area (Å²) in [6.45, 7) is 6.97. The van der Waals surface area contributed by atoms with E-state index in [0.717, 1.165) is 31.5 Å². The number of benzene rings is 1. The predicted octanol–water partition coefficient (Wildman–Crippen LogP) is 2.49. The monoisotopic (exact) mass is 320 g/mol. The van der Waals surface area contributed by atoms with E-state index < -0.39 is 0 Å².